The highest BCUT2D eigenvalue weighted by Crippen LogP contribution is 2.47. The summed E-state index contributed by atoms with van der Waals surface area (Å²) < 4.78 is 13.7. The molecule has 0 aliphatic carbocycles. The molecule has 0 saturated heterocycles. The van der Waals surface area contributed by atoms with Gasteiger partial charge in [0.05, 0.1) is 28.1 Å². The minimum absolute atomic E-state index is 0.387. The second-order valence-electron chi connectivity index (χ2n) is 10.4. The molecule has 0 amide bonds. The fraction of sp³-hybridized carbons (Fsp3) is 0.250. The van der Waals surface area contributed by atoms with Gasteiger partial charge in [-0.1, -0.05) is 124 Å². The number of pyridine rings is 1. The van der Waals surface area contributed by atoms with Crippen molar-refractivity contribution in [1.82, 2.24) is 4.98 Å². The second kappa shape index (κ2) is 13.1. The first-order chi connectivity index (χ1) is 19.4. The van der Waals surface area contributed by atoms with E-state index < -0.39 is 4.75 Å². The first-order valence-electron chi connectivity index (χ1n) is 14.1. The monoisotopic (exact) mass is 550 g/mol. The molecule has 1 heterocycles. The lowest BCUT2D eigenvalue weighted by atomic mass is 9.86. The largest absolute Gasteiger partial charge is 0.405 e. The Hall–Kier alpha value is -3.63. The van der Waals surface area contributed by atoms with Crippen molar-refractivity contribution in [3.8, 4) is 22.3 Å². The highest BCUT2D eigenvalue weighted by molar-refractivity contribution is 7.95. The summed E-state index contributed by atoms with van der Waals surface area (Å²) in [7, 11) is 0. The number of halogens is 1. The SMILES string of the molecule is CCC(C)(SF)c1ccc(-c2ccccc2-c2ccccc2)c2c1nc(/C=C\N)c1ccc(C)cc12.CCCC. The van der Waals surface area contributed by atoms with E-state index in [0.29, 0.717) is 18.6 Å². The Labute approximate surface area is 242 Å². The van der Waals surface area contributed by atoms with Gasteiger partial charge >= 0.3 is 0 Å². The number of nitrogens with two attached hydrogens (primary N) is 1. The van der Waals surface area contributed by atoms with E-state index in [1.54, 1.807) is 0 Å². The summed E-state index contributed by atoms with van der Waals surface area (Å²) in [5, 5.41) is 3.16. The predicted molar refractivity (Wildman–Crippen MR) is 175 cm³/mol. The van der Waals surface area contributed by atoms with Crippen LogP contribution in [0.3, 0.4) is 0 Å². The molecule has 0 saturated carbocycles. The number of fused-ring (bicyclic) bond motifs is 3. The lowest BCUT2D eigenvalue weighted by Crippen LogP contribution is -2.16. The zero-order chi connectivity index (χ0) is 28.7. The molecule has 0 radical (unpaired) electrons. The maximum Gasteiger partial charge on any atom is 0.0768 e. The second-order valence-corrected chi connectivity index (χ2v) is 11.4. The molecular formula is C36H39FN2S. The maximum atomic E-state index is 14.4. The fourth-order valence-corrected chi connectivity index (χ4v) is 5.35. The normalized spacial score (nSPS) is 12.8. The molecule has 0 fully saturated rings. The van der Waals surface area contributed by atoms with Crippen molar-refractivity contribution in [2.45, 2.75) is 58.6 Å². The van der Waals surface area contributed by atoms with E-state index in [1.165, 1.54) is 19.0 Å². The molecule has 0 aliphatic heterocycles. The van der Waals surface area contributed by atoms with Gasteiger partial charge in [-0.3, -0.25) is 0 Å². The van der Waals surface area contributed by atoms with Gasteiger partial charge < -0.3 is 5.73 Å². The van der Waals surface area contributed by atoms with Crippen molar-refractivity contribution in [3.05, 3.63) is 108 Å². The molecule has 4 heteroatoms. The molecule has 0 aliphatic rings. The van der Waals surface area contributed by atoms with Crippen LogP contribution in [0.1, 0.15) is 63.8 Å². The van der Waals surface area contributed by atoms with Crippen LogP contribution in [0.25, 0.3) is 50.0 Å². The highest BCUT2D eigenvalue weighted by atomic mass is 32.2. The third kappa shape index (κ3) is 5.78. The molecular weight excluding hydrogens is 511 g/mol. The van der Waals surface area contributed by atoms with Gasteiger partial charge in [-0.15, -0.1) is 0 Å². The summed E-state index contributed by atoms with van der Waals surface area (Å²) in [5.74, 6) is 0. The Kier molecular flexibility index (Phi) is 9.65. The van der Waals surface area contributed by atoms with Crippen LogP contribution in [0, 0.1) is 6.92 Å². The van der Waals surface area contributed by atoms with E-state index in [-0.39, 0.29) is 0 Å². The zero-order valence-corrected chi connectivity index (χ0v) is 25.0. The van der Waals surface area contributed by atoms with Crippen LogP contribution in [0.15, 0.2) is 91.1 Å². The van der Waals surface area contributed by atoms with Gasteiger partial charge in [-0.25, -0.2) is 4.98 Å². The molecule has 5 rings (SSSR count). The number of nitrogens with zero attached hydrogens (tertiary/aromatic N) is 1. The minimum atomic E-state index is -0.718. The minimum Gasteiger partial charge on any atom is -0.405 e. The number of aryl methyl sites for hydroxylation is 1. The standard InChI is InChI=1S/C32H29FN2S.C4H10/c1-4-32(3,36-33)28-17-16-26(24-13-9-8-12-23(24)22-10-6-5-7-11-22)30-27-20-21(2)14-15-25(27)29(18-19-34)35-31(28)30;1-3-4-2/h5-20H,4,34H2,1-3H3;3-4H2,1-2H3/b19-18-;. The number of hydrogen-bond donors (Lipinski definition) is 1. The molecule has 2 N–H and O–H groups in total. The highest BCUT2D eigenvalue weighted by Gasteiger charge is 2.31. The van der Waals surface area contributed by atoms with Crippen molar-refractivity contribution in [1.29, 1.82) is 0 Å². The van der Waals surface area contributed by atoms with Crippen molar-refractivity contribution in [3.63, 3.8) is 0 Å². The average Bonchev–Trinajstić information content (AvgIpc) is 3.00. The molecule has 1 unspecified atom stereocenters. The first-order valence-corrected chi connectivity index (χ1v) is 14.8. The third-order valence-corrected chi connectivity index (χ3v) is 8.45. The summed E-state index contributed by atoms with van der Waals surface area (Å²) in [6.07, 6.45) is 6.63. The summed E-state index contributed by atoms with van der Waals surface area (Å²) in [4.78, 5) is 5.13. The third-order valence-electron chi connectivity index (χ3n) is 7.60. The van der Waals surface area contributed by atoms with Crippen LogP contribution in [0.2, 0.25) is 0 Å². The van der Waals surface area contributed by atoms with Gasteiger partial charge in [0.15, 0.2) is 0 Å². The Bertz CT molecular complexity index is 1620. The number of rotatable bonds is 7. The summed E-state index contributed by atoms with van der Waals surface area (Å²) in [5.41, 5.74) is 14.0. The molecule has 1 aromatic heterocycles. The van der Waals surface area contributed by atoms with Gasteiger partial charge in [0.2, 0.25) is 0 Å². The molecule has 2 nitrogen and oxygen atoms in total. The van der Waals surface area contributed by atoms with Crippen LogP contribution in [0.4, 0.5) is 3.89 Å². The topological polar surface area (TPSA) is 38.9 Å². The summed E-state index contributed by atoms with van der Waals surface area (Å²) in [6.45, 7) is 10.4. The van der Waals surface area contributed by atoms with Gasteiger partial charge in [0.25, 0.3) is 0 Å². The van der Waals surface area contributed by atoms with E-state index in [1.807, 2.05) is 26.0 Å². The van der Waals surface area contributed by atoms with E-state index >= 15 is 0 Å². The first kappa shape index (κ1) is 29.4. The van der Waals surface area contributed by atoms with Crippen LogP contribution in [-0.4, -0.2) is 4.98 Å². The van der Waals surface area contributed by atoms with E-state index in [0.717, 1.165) is 60.8 Å². The van der Waals surface area contributed by atoms with Crippen LogP contribution < -0.4 is 5.73 Å². The van der Waals surface area contributed by atoms with Crippen molar-refractivity contribution >= 4 is 39.9 Å². The van der Waals surface area contributed by atoms with Crippen molar-refractivity contribution < 1.29 is 3.89 Å². The molecule has 5 aromatic rings. The number of unbranched alkanes of at least 4 members (excludes halogenated alkanes) is 1. The molecule has 0 bridgehead atoms. The Morgan fingerprint density at radius 2 is 1.50 bits per heavy atom. The fourth-order valence-electron chi connectivity index (χ4n) is 4.99. The van der Waals surface area contributed by atoms with Crippen LogP contribution in [-0.2, 0) is 4.75 Å². The van der Waals surface area contributed by atoms with Gasteiger partial charge in [0, 0.05) is 10.8 Å². The average molecular weight is 551 g/mol. The van der Waals surface area contributed by atoms with Crippen molar-refractivity contribution in [2.75, 3.05) is 0 Å². The number of hydrogen-bond acceptors (Lipinski definition) is 3. The number of benzene rings is 4. The molecule has 206 valence electrons. The number of aromatic nitrogens is 1. The Morgan fingerprint density at radius 1 is 0.825 bits per heavy atom. The van der Waals surface area contributed by atoms with Crippen LogP contribution in [0.5, 0.6) is 0 Å². The van der Waals surface area contributed by atoms with E-state index in [2.05, 4.69) is 99.6 Å². The maximum absolute atomic E-state index is 14.4. The smallest absolute Gasteiger partial charge is 0.0768 e. The molecule has 1 atom stereocenters. The Morgan fingerprint density at radius 3 is 2.12 bits per heavy atom. The lowest BCUT2D eigenvalue weighted by Gasteiger charge is -2.26. The summed E-state index contributed by atoms with van der Waals surface area (Å²) in [6, 6.07) is 29.5. The van der Waals surface area contributed by atoms with Gasteiger partial charge in [-0.05, 0) is 65.7 Å². The zero-order valence-electron chi connectivity index (χ0n) is 24.2. The molecule has 40 heavy (non-hydrogen) atoms. The Balaban J connectivity index is 0.000000867. The van der Waals surface area contributed by atoms with Gasteiger partial charge in [-0.2, -0.15) is 3.89 Å². The molecule has 4 aromatic carbocycles. The van der Waals surface area contributed by atoms with Crippen molar-refractivity contribution in [2.24, 2.45) is 5.73 Å². The van der Waals surface area contributed by atoms with Crippen LogP contribution >= 0.6 is 12.1 Å². The molecule has 0 spiro atoms. The van der Waals surface area contributed by atoms with Gasteiger partial charge in [0.1, 0.15) is 0 Å². The van der Waals surface area contributed by atoms with E-state index in [4.69, 9.17) is 10.7 Å². The lowest BCUT2D eigenvalue weighted by molar-refractivity contribution is 0.647. The predicted octanol–water partition coefficient (Wildman–Crippen LogP) is 11.0. The van der Waals surface area contributed by atoms with E-state index in [9.17, 15) is 3.89 Å². The summed E-state index contributed by atoms with van der Waals surface area (Å²) >= 11 is 0.387. The quantitative estimate of drug-likeness (QED) is 0.205.